The van der Waals surface area contributed by atoms with Crippen LogP contribution in [0.15, 0.2) is 0 Å². The van der Waals surface area contributed by atoms with Gasteiger partial charge in [0.2, 0.25) is 0 Å². The summed E-state index contributed by atoms with van der Waals surface area (Å²) < 4.78 is 0. The molecule has 1 aliphatic rings. The van der Waals surface area contributed by atoms with Gasteiger partial charge in [0.1, 0.15) is 0 Å². The van der Waals surface area contributed by atoms with E-state index in [2.05, 4.69) is 38.3 Å². The van der Waals surface area contributed by atoms with Gasteiger partial charge in [-0.1, -0.05) is 20.8 Å². The number of nitrogens with zero attached hydrogens (tertiary/aromatic N) is 1. The summed E-state index contributed by atoms with van der Waals surface area (Å²) in [5, 5.41) is 0. The second kappa shape index (κ2) is 6.90. The van der Waals surface area contributed by atoms with Crippen LogP contribution in [0, 0.1) is 11.3 Å². The Balaban J connectivity index is 2.50. The molecule has 0 aromatic rings. The highest BCUT2D eigenvalue weighted by Gasteiger charge is 2.28. The van der Waals surface area contributed by atoms with Crippen LogP contribution in [0.25, 0.3) is 0 Å². The standard InChI is InChI=1S/C14H29NS/c1-4-14(5-2,12-16)11-15-9-6-7-13(3)8-10-15/h13,16H,4-12H2,1-3H3. The van der Waals surface area contributed by atoms with Crippen molar-refractivity contribution in [3.05, 3.63) is 0 Å². The van der Waals surface area contributed by atoms with Crippen molar-refractivity contribution in [2.24, 2.45) is 11.3 Å². The van der Waals surface area contributed by atoms with E-state index in [1.165, 1.54) is 51.7 Å². The highest BCUT2D eigenvalue weighted by atomic mass is 32.1. The monoisotopic (exact) mass is 243 g/mol. The molecule has 0 saturated carbocycles. The van der Waals surface area contributed by atoms with E-state index in [1.54, 1.807) is 0 Å². The van der Waals surface area contributed by atoms with E-state index in [1.807, 2.05) is 0 Å². The van der Waals surface area contributed by atoms with Gasteiger partial charge in [-0.3, -0.25) is 0 Å². The predicted octanol–water partition coefficient (Wildman–Crippen LogP) is 3.84. The topological polar surface area (TPSA) is 3.24 Å². The van der Waals surface area contributed by atoms with Crippen molar-refractivity contribution in [3.8, 4) is 0 Å². The minimum Gasteiger partial charge on any atom is -0.303 e. The van der Waals surface area contributed by atoms with Crippen molar-refractivity contribution >= 4 is 12.6 Å². The Labute approximate surface area is 107 Å². The van der Waals surface area contributed by atoms with Crippen molar-refractivity contribution < 1.29 is 0 Å². The van der Waals surface area contributed by atoms with Crippen LogP contribution in [-0.4, -0.2) is 30.3 Å². The predicted molar refractivity (Wildman–Crippen MR) is 76.3 cm³/mol. The number of likely N-dealkylation sites (tertiary alicyclic amines) is 1. The lowest BCUT2D eigenvalue weighted by molar-refractivity contribution is 0.161. The van der Waals surface area contributed by atoms with Crippen molar-refractivity contribution in [2.75, 3.05) is 25.4 Å². The largest absolute Gasteiger partial charge is 0.303 e. The minimum atomic E-state index is 0.455. The molecule has 0 aliphatic carbocycles. The average molecular weight is 243 g/mol. The molecule has 2 heteroatoms. The number of hydrogen-bond donors (Lipinski definition) is 1. The summed E-state index contributed by atoms with van der Waals surface area (Å²) in [6.45, 7) is 10.9. The van der Waals surface area contributed by atoms with Crippen LogP contribution >= 0.6 is 12.6 Å². The number of hydrogen-bond acceptors (Lipinski definition) is 2. The van der Waals surface area contributed by atoms with E-state index >= 15 is 0 Å². The van der Waals surface area contributed by atoms with Crippen LogP contribution in [0.3, 0.4) is 0 Å². The zero-order valence-electron chi connectivity index (χ0n) is 11.3. The molecule has 0 N–H and O–H groups in total. The molecular weight excluding hydrogens is 214 g/mol. The lowest BCUT2D eigenvalue weighted by atomic mass is 9.84. The third-order valence-electron chi connectivity index (χ3n) is 4.50. The average Bonchev–Trinajstić information content (AvgIpc) is 2.51. The first-order valence-corrected chi connectivity index (χ1v) is 7.62. The van der Waals surface area contributed by atoms with Crippen molar-refractivity contribution in [1.82, 2.24) is 4.90 Å². The second-order valence-corrected chi connectivity index (χ2v) is 5.99. The minimum absolute atomic E-state index is 0.455. The molecule has 0 bridgehead atoms. The van der Waals surface area contributed by atoms with Crippen LogP contribution in [0.4, 0.5) is 0 Å². The van der Waals surface area contributed by atoms with Gasteiger partial charge in [-0.15, -0.1) is 0 Å². The molecule has 1 heterocycles. The lowest BCUT2D eigenvalue weighted by Gasteiger charge is -2.35. The Kier molecular flexibility index (Phi) is 6.20. The van der Waals surface area contributed by atoms with Crippen LogP contribution < -0.4 is 0 Å². The van der Waals surface area contributed by atoms with E-state index in [0.29, 0.717) is 5.41 Å². The summed E-state index contributed by atoms with van der Waals surface area (Å²) in [6.07, 6.45) is 6.72. The third kappa shape index (κ3) is 3.96. The molecule has 1 saturated heterocycles. The van der Waals surface area contributed by atoms with E-state index in [9.17, 15) is 0 Å². The maximum absolute atomic E-state index is 4.58. The van der Waals surface area contributed by atoms with Crippen LogP contribution in [0.1, 0.15) is 52.9 Å². The molecule has 0 spiro atoms. The lowest BCUT2D eigenvalue weighted by Crippen LogP contribution is -2.39. The van der Waals surface area contributed by atoms with Crippen LogP contribution in [0.5, 0.6) is 0 Å². The maximum atomic E-state index is 4.58. The smallest absolute Gasteiger partial charge is 0.00456 e. The van der Waals surface area contributed by atoms with Gasteiger partial charge >= 0.3 is 0 Å². The molecule has 0 aromatic heterocycles. The summed E-state index contributed by atoms with van der Waals surface area (Å²) >= 11 is 4.58. The molecule has 0 aromatic carbocycles. The molecule has 1 nitrogen and oxygen atoms in total. The SMILES string of the molecule is CCC(CC)(CS)CN1CCCC(C)CC1. The summed E-state index contributed by atoms with van der Waals surface area (Å²) in [4.78, 5) is 2.69. The van der Waals surface area contributed by atoms with Gasteiger partial charge in [0.15, 0.2) is 0 Å². The van der Waals surface area contributed by atoms with Crippen molar-refractivity contribution in [2.45, 2.75) is 52.9 Å². The molecule has 1 atom stereocenters. The maximum Gasteiger partial charge on any atom is 0.00456 e. The van der Waals surface area contributed by atoms with Gasteiger partial charge in [0.05, 0.1) is 0 Å². The molecule has 0 amide bonds. The fraction of sp³-hybridized carbons (Fsp3) is 1.00. The fourth-order valence-corrected chi connectivity index (χ4v) is 3.25. The third-order valence-corrected chi connectivity index (χ3v) is 5.17. The van der Waals surface area contributed by atoms with Gasteiger partial charge in [-0.05, 0) is 62.3 Å². The quantitative estimate of drug-likeness (QED) is 0.718. The molecule has 1 aliphatic heterocycles. The Morgan fingerprint density at radius 2 is 1.88 bits per heavy atom. The van der Waals surface area contributed by atoms with Gasteiger partial charge in [0, 0.05) is 6.54 Å². The summed E-state index contributed by atoms with van der Waals surface area (Å²) in [6, 6.07) is 0. The summed E-state index contributed by atoms with van der Waals surface area (Å²) in [7, 11) is 0. The van der Waals surface area contributed by atoms with E-state index < -0.39 is 0 Å². The molecular formula is C14H29NS. The summed E-state index contributed by atoms with van der Waals surface area (Å²) in [5.41, 5.74) is 0.455. The first-order valence-electron chi connectivity index (χ1n) is 6.99. The van der Waals surface area contributed by atoms with Crippen LogP contribution in [0.2, 0.25) is 0 Å². The highest BCUT2D eigenvalue weighted by Crippen LogP contribution is 2.30. The van der Waals surface area contributed by atoms with Crippen LogP contribution in [-0.2, 0) is 0 Å². The zero-order chi connectivity index (χ0) is 12.0. The molecule has 96 valence electrons. The number of thiol groups is 1. The Morgan fingerprint density at radius 1 is 1.19 bits per heavy atom. The molecule has 1 unspecified atom stereocenters. The van der Waals surface area contributed by atoms with Gasteiger partial charge < -0.3 is 4.90 Å². The highest BCUT2D eigenvalue weighted by molar-refractivity contribution is 7.80. The molecule has 16 heavy (non-hydrogen) atoms. The first kappa shape index (κ1) is 14.4. The number of rotatable bonds is 5. The van der Waals surface area contributed by atoms with Gasteiger partial charge in [-0.25, -0.2) is 0 Å². The first-order chi connectivity index (χ1) is 7.65. The molecule has 1 rings (SSSR count). The molecule has 0 radical (unpaired) electrons. The Bertz CT molecular complexity index is 181. The summed E-state index contributed by atoms with van der Waals surface area (Å²) in [5.74, 6) is 1.96. The van der Waals surface area contributed by atoms with Crippen molar-refractivity contribution in [3.63, 3.8) is 0 Å². The van der Waals surface area contributed by atoms with Crippen molar-refractivity contribution in [1.29, 1.82) is 0 Å². The second-order valence-electron chi connectivity index (χ2n) is 5.68. The van der Waals surface area contributed by atoms with E-state index in [4.69, 9.17) is 0 Å². The van der Waals surface area contributed by atoms with E-state index in [-0.39, 0.29) is 0 Å². The Hall–Kier alpha value is 0.310. The fourth-order valence-electron chi connectivity index (χ4n) is 2.70. The zero-order valence-corrected chi connectivity index (χ0v) is 12.2. The normalized spacial score (nSPS) is 24.4. The van der Waals surface area contributed by atoms with E-state index in [0.717, 1.165) is 11.7 Å². The molecule has 1 fully saturated rings. The Morgan fingerprint density at radius 3 is 2.44 bits per heavy atom. The van der Waals surface area contributed by atoms with Gasteiger partial charge in [-0.2, -0.15) is 12.6 Å². The van der Waals surface area contributed by atoms with Gasteiger partial charge in [0.25, 0.3) is 0 Å².